The highest BCUT2D eigenvalue weighted by molar-refractivity contribution is 5.68. The molecule has 1 aliphatic heterocycles. The molecule has 0 saturated carbocycles. The molecule has 1 saturated heterocycles. The van der Waals surface area contributed by atoms with Crippen molar-refractivity contribution in [2.75, 3.05) is 29.4 Å². The Hall–Kier alpha value is -3.20. The second-order valence-electron chi connectivity index (χ2n) is 8.53. The van der Waals surface area contributed by atoms with Crippen molar-refractivity contribution >= 4 is 28.7 Å². The molecule has 9 nitrogen and oxygen atoms in total. The van der Waals surface area contributed by atoms with E-state index in [1.165, 1.54) is 12.8 Å². The fourth-order valence-corrected chi connectivity index (χ4v) is 4.11. The molecule has 156 valence electrons. The Morgan fingerprint density at radius 3 is 2.50 bits per heavy atom. The van der Waals surface area contributed by atoms with Crippen LogP contribution in [-0.2, 0) is 0 Å². The molecule has 30 heavy (non-hydrogen) atoms. The van der Waals surface area contributed by atoms with Crippen LogP contribution < -0.4 is 9.80 Å². The van der Waals surface area contributed by atoms with Gasteiger partial charge in [0.2, 0.25) is 0 Å². The van der Waals surface area contributed by atoms with Gasteiger partial charge in [0, 0.05) is 43.0 Å². The molecule has 5 rings (SSSR count). The van der Waals surface area contributed by atoms with Crippen molar-refractivity contribution in [1.82, 2.24) is 29.2 Å². The number of aryl methyl sites for hydroxylation is 1. The summed E-state index contributed by atoms with van der Waals surface area (Å²) in [5.74, 6) is 2.61. The zero-order chi connectivity index (χ0) is 20.9. The van der Waals surface area contributed by atoms with Gasteiger partial charge in [0.1, 0.15) is 17.5 Å². The number of hydrogen-bond acceptors (Lipinski definition) is 7. The van der Waals surface area contributed by atoms with Gasteiger partial charge in [0.15, 0.2) is 11.3 Å². The molecule has 5 heterocycles. The van der Waals surface area contributed by atoms with Crippen molar-refractivity contribution in [1.29, 1.82) is 0 Å². The smallest absolute Gasteiger partial charge is 0.159 e. The number of nitrogens with zero attached hydrogens (tertiary/aromatic N) is 8. The molecule has 1 fully saturated rings. The Morgan fingerprint density at radius 2 is 1.77 bits per heavy atom. The summed E-state index contributed by atoms with van der Waals surface area (Å²) in [6.07, 6.45) is 7.68. The van der Waals surface area contributed by atoms with Crippen molar-refractivity contribution < 1.29 is 5.11 Å². The fourth-order valence-electron chi connectivity index (χ4n) is 4.11. The van der Waals surface area contributed by atoms with Crippen LogP contribution in [0.2, 0.25) is 0 Å². The minimum Gasteiger partial charge on any atom is -0.389 e. The molecular weight excluding hydrogens is 380 g/mol. The van der Waals surface area contributed by atoms with Crippen molar-refractivity contribution in [3.8, 4) is 0 Å². The van der Waals surface area contributed by atoms with E-state index < -0.39 is 5.60 Å². The predicted molar refractivity (Wildman–Crippen MR) is 115 cm³/mol. The van der Waals surface area contributed by atoms with Crippen molar-refractivity contribution in [3.05, 3.63) is 42.4 Å². The van der Waals surface area contributed by atoms with E-state index in [1.54, 1.807) is 26.2 Å². The summed E-state index contributed by atoms with van der Waals surface area (Å²) in [5.41, 5.74) is 1.53. The van der Waals surface area contributed by atoms with E-state index in [-0.39, 0.29) is 0 Å². The van der Waals surface area contributed by atoms with Gasteiger partial charge in [0.05, 0.1) is 24.5 Å². The molecule has 4 aromatic heterocycles. The first-order valence-corrected chi connectivity index (χ1v) is 10.3. The molecule has 4 aromatic rings. The van der Waals surface area contributed by atoms with Gasteiger partial charge >= 0.3 is 0 Å². The first-order valence-electron chi connectivity index (χ1n) is 10.3. The Morgan fingerprint density at radius 1 is 1.07 bits per heavy atom. The van der Waals surface area contributed by atoms with Crippen LogP contribution in [0.3, 0.4) is 0 Å². The van der Waals surface area contributed by atoms with E-state index >= 15 is 0 Å². The van der Waals surface area contributed by atoms with E-state index in [2.05, 4.69) is 31.0 Å². The number of fused-ring (bicyclic) bond motifs is 2. The van der Waals surface area contributed by atoms with Gasteiger partial charge in [-0.15, -0.1) is 0 Å². The quantitative estimate of drug-likeness (QED) is 0.545. The van der Waals surface area contributed by atoms with Crippen LogP contribution in [-0.4, -0.2) is 59.5 Å². The molecule has 9 heteroatoms. The third kappa shape index (κ3) is 3.24. The lowest BCUT2D eigenvalue weighted by Gasteiger charge is -2.32. The van der Waals surface area contributed by atoms with Crippen molar-refractivity contribution in [2.45, 2.75) is 39.2 Å². The first kappa shape index (κ1) is 18.8. The lowest BCUT2D eigenvalue weighted by Crippen LogP contribution is -2.38. The number of anilines is 3. The third-order valence-corrected chi connectivity index (χ3v) is 5.40. The topological polar surface area (TPSA) is 87.1 Å². The van der Waals surface area contributed by atoms with E-state index in [0.717, 1.165) is 47.4 Å². The molecule has 1 N–H and O–H groups in total. The Bertz CT molecular complexity index is 1200. The maximum absolute atomic E-state index is 10.8. The molecule has 1 aliphatic rings. The number of aromatic nitrogens is 6. The molecule has 0 bridgehead atoms. The second kappa shape index (κ2) is 6.94. The van der Waals surface area contributed by atoms with Gasteiger partial charge in [-0.3, -0.25) is 0 Å². The highest BCUT2D eigenvalue weighted by Crippen LogP contribution is 2.33. The largest absolute Gasteiger partial charge is 0.389 e. The highest BCUT2D eigenvalue weighted by atomic mass is 16.3. The Balaban J connectivity index is 1.76. The minimum absolute atomic E-state index is 0.352. The summed E-state index contributed by atoms with van der Waals surface area (Å²) >= 11 is 0. The summed E-state index contributed by atoms with van der Waals surface area (Å²) in [5, 5.41) is 19.8. The molecule has 0 spiro atoms. The standard InChI is InChI=1S/C21H26N8O/c1-15-13-22-16-6-8-24-29(16)20(15)27(14-21(2,3)30)19-12-18(26-10-4-5-11-26)25-17-7-9-23-28(17)19/h6-9,12-13,30H,4-5,10-11,14H2,1-3H3. The van der Waals surface area contributed by atoms with Crippen molar-refractivity contribution in [3.63, 3.8) is 0 Å². The van der Waals surface area contributed by atoms with Crippen LogP contribution in [0, 0.1) is 6.92 Å². The Labute approximate surface area is 174 Å². The van der Waals surface area contributed by atoms with Crippen LogP contribution in [0.5, 0.6) is 0 Å². The predicted octanol–water partition coefficient (Wildman–Crippen LogP) is 2.59. The van der Waals surface area contributed by atoms with E-state index in [4.69, 9.17) is 4.98 Å². The summed E-state index contributed by atoms with van der Waals surface area (Å²) in [4.78, 5) is 13.7. The first-order chi connectivity index (χ1) is 14.4. The SMILES string of the molecule is Cc1cnc2ccnn2c1N(CC(C)(C)O)c1cc(N2CCCC2)nc2ccnn12. The van der Waals surface area contributed by atoms with Gasteiger partial charge in [0.25, 0.3) is 0 Å². The van der Waals surface area contributed by atoms with Gasteiger partial charge in [-0.1, -0.05) is 0 Å². The van der Waals surface area contributed by atoms with Crippen LogP contribution in [0.25, 0.3) is 11.3 Å². The van der Waals surface area contributed by atoms with Crippen LogP contribution >= 0.6 is 0 Å². The van der Waals surface area contributed by atoms with Crippen LogP contribution in [0.4, 0.5) is 17.5 Å². The number of aliphatic hydroxyl groups is 1. The highest BCUT2D eigenvalue weighted by Gasteiger charge is 2.27. The average molecular weight is 406 g/mol. The van der Waals surface area contributed by atoms with Gasteiger partial charge < -0.3 is 14.9 Å². The van der Waals surface area contributed by atoms with Crippen LogP contribution in [0.1, 0.15) is 32.3 Å². The lowest BCUT2D eigenvalue weighted by atomic mass is 10.1. The molecule has 0 radical (unpaired) electrons. The average Bonchev–Trinajstić information content (AvgIpc) is 3.45. The second-order valence-corrected chi connectivity index (χ2v) is 8.53. The summed E-state index contributed by atoms with van der Waals surface area (Å²) in [7, 11) is 0. The maximum atomic E-state index is 10.8. The van der Waals surface area contributed by atoms with Gasteiger partial charge in [-0.05, 0) is 33.6 Å². The third-order valence-electron chi connectivity index (χ3n) is 5.40. The summed E-state index contributed by atoms with van der Waals surface area (Å²) in [6, 6.07) is 5.84. The van der Waals surface area contributed by atoms with Crippen molar-refractivity contribution in [2.24, 2.45) is 0 Å². The van der Waals surface area contributed by atoms with Crippen LogP contribution in [0.15, 0.2) is 36.8 Å². The monoisotopic (exact) mass is 406 g/mol. The Kier molecular flexibility index (Phi) is 4.35. The summed E-state index contributed by atoms with van der Waals surface area (Å²) in [6.45, 7) is 7.97. The lowest BCUT2D eigenvalue weighted by molar-refractivity contribution is 0.0893. The zero-order valence-electron chi connectivity index (χ0n) is 17.5. The van der Waals surface area contributed by atoms with E-state index in [0.29, 0.717) is 6.54 Å². The maximum Gasteiger partial charge on any atom is 0.159 e. The zero-order valence-corrected chi connectivity index (χ0v) is 17.5. The van der Waals surface area contributed by atoms with Gasteiger partial charge in [-0.2, -0.15) is 19.2 Å². The number of rotatable bonds is 5. The fraction of sp³-hybridized carbons (Fsp3) is 0.429. The molecule has 0 aliphatic carbocycles. The molecule has 0 unspecified atom stereocenters. The molecule has 0 atom stereocenters. The minimum atomic E-state index is -0.953. The normalized spacial score (nSPS) is 14.9. The number of hydrogen-bond donors (Lipinski definition) is 1. The van der Waals surface area contributed by atoms with E-state index in [9.17, 15) is 5.11 Å². The molecule has 0 aromatic carbocycles. The molecular formula is C21H26N8O. The van der Waals surface area contributed by atoms with E-state index in [1.807, 2.05) is 34.3 Å². The summed E-state index contributed by atoms with van der Waals surface area (Å²) < 4.78 is 3.63. The molecule has 0 amide bonds. The van der Waals surface area contributed by atoms with Gasteiger partial charge in [-0.25, -0.2) is 9.97 Å².